The van der Waals surface area contributed by atoms with Crippen LogP contribution in [0.25, 0.3) is 0 Å². The number of nitrogens with one attached hydrogen (secondary N) is 2. The van der Waals surface area contributed by atoms with Crippen LogP contribution < -0.4 is 15.4 Å². The molecule has 134 valence electrons. The molecule has 0 spiro atoms. The Morgan fingerprint density at radius 2 is 1.54 bits per heavy atom. The minimum atomic E-state index is -1.36. The van der Waals surface area contributed by atoms with Crippen molar-refractivity contribution in [2.24, 2.45) is 5.41 Å². The van der Waals surface area contributed by atoms with Crippen molar-refractivity contribution in [2.45, 2.75) is 20.8 Å². The molecule has 6 heteroatoms. The Balaban J connectivity index is 2.17. The van der Waals surface area contributed by atoms with E-state index in [4.69, 9.17) is 10.00 Å². The Morgan fingerprint density at radius 3 is 2.15 bits per heavy atom. The first-order valence-electron chi connectivity index (χ1n) is 8.24. The van der Waals surface area contributed by atoms with Crippen molar-refractivity contribution in [3.63, 3.8) is 0 Å². The summed E-state index contributed by atoms with van der Waals surface area (Å²) >= 11 is 0. The van der Waals surface area contributed by atoms with Gasteiger partial charge < -0.3 is 15.4 Å². The molecule has 0 radical (unpaired) electrons. The summed E-state index contributed by atoms with van der Waals surface area (Å²) in [5, 5.41) is 14.5. The van der Waals surface area contributed by atoms with Gasteiger partial charge in [-0.25, -0.2) is 0 Å². The van der Waals surface area contributed by atoms with Crippen molar-refractivity contribution < 1.29 is 14.3 Å². The van der Waals surface area contributed by atoms with Crippen LogP contribution in [0.4, 0.5) is 11.4 Å². The van der Waals surface area contributed by atoms with Gasteiger partial charge in [0, 0.05) is 0 Å². The van der Waals surface area contributed by atoms with Gasteiger partial charge in [0.25, 0.3) is 0 Å². The van der Waals surface area contributed by atoms with Crippen molar-refractivity contribution in [1.29, 1.82) is 5.26 Å². The van der Waals surface area contributed by atoms with Gasteiger partial charge in [0.05, 0.1) is 23.5 Å². The summed E-state index contributed by atoms with van der Waals surface area (Å²) in [5.41, 5.74) is -0.158. The maximum atomic E-state index is 12.7. The standard InChI is InChI=1S/C20H21N3O3/c1-4-26-17-12-8-7-11-16(17)23-19(25)20(2,3)18(24)22-15-10-6-5-9-14(15)13-21/h5-12H,4H2,1-3H3,(H,22,24)(H,23,25). The van der Waals surface area contributed by atoms with E-state index in [1.165, 1.54) is 13.8 Å². The fourth-order valence-corrected chi connectivity index (χ4v) is 2.20. The summed E-state index contributed by atoms with van der Waals surface area (Å²) in [6.45, 7) is 5.36. The number of ether oxygens (including phenoxy) is 1. The Labute approximate surface area is 152 Å². The highest BCUT2D eigenvalue weighted by Crippen LogP contribution is 2.27. The smallest absolute Gasteiger partial charge is 0.239 e. The number of nitrogens with zero attached hydrogens (tertiary/aromatic N) is 1. The average molecular weight is 351 g/mol. The van der Waals surface area contributed by atoms with E-state index in [1.807, 2.05) is 13.0 Å². The van der Waals surface area contributed by atoms with E-state index in [0.717, 1.165) is 0 Å². The van der Waals surface area contributed by atoms with Crippen LogP contribution in [-0.4, -0.2) is 18.4 Å². The molecule has 0 atom stereocenters. The first-order valence-corrected chi connectivity index (χ1v) is 8.24. The summed E-state index contributed by atoms with van der Waals surface area (Å²) in [5.74, 6) is -0.447. The zero-order valence-electron chi connectivity index (χ0n) is 15.0. The number of amides is 2. The third-order valence-electron chi connectivity index (χ3n) is 3.87. The van der Waals surface area contributed by atoms with Gasteiger partial charge in [-0.05, 0) is 45.0 Å². The molecule has 0 heterocycles. The second-order valence-electron chi connectivity index (χ2n) is 6.12. The molecule has 6 nitrogen and oxygen atoms in total. The largest absolute Gasteiger partial charge is 0.492 e. The summed E-state index contributed by atoms with van der Waals surface area (Å²) in [7, 11) is 0. The van der Waals surface area contributed by atoms with Crippen LogP contribution in [0.1, 0.15) is 26.3 Å². The van der Waals surface area contributed by atoms with Gasteiger partial charge in [-0.1, -0.05) is 24.3 Å². The lowest BCUT2D eigenvalue weighted by molar-refractivity contribution is -0.135. The molecule has 26 heavy (non-hydrogen) atoms. The molecule has 2 amide bonds. The molecule has 0 aliphatic heterocycles. The van der Waals surface area contributed by atoms with Crippen molar-refractivity contribution in [3.8, 4) is 11.8 Å². The van der Waals surface area contributed by atoms with Crippen LogP contribution in [0.5, 0.6) is 5.75 Å². The quantitative estimate of drug-likeness (QED) is 0.779. The van der Waals surface area contributed by atoms with Gasteiger partial charge in [-0.2, -0.15) is 5.26 Å². The van der Waals surface area contributed by atoms with Gasteiger partial charge in [0.2, 0.25) is 11.8 Å². The first kappa shape index (κ1) is 19.0. The lowest BCUT2D eigenvalue weighted by Crippen LogP contribution is -2.41. The number of para-hydroxylation sites is 3. The van der Waals surface area contributed by atoms with Crippen LogP contribution in [0.2, 0.25) is 0 Å². The van der Waals surface area contributed by atoms with Crippen molar-refractivity contribution in [1.82, 2.24) is 0 Å². The molecule has 2 rings (SSSR count). The topological polar surface area (TPSA) is 91.2 Å². The molecule has 0 aliphatic carbocycles. The van der Waals surface area contributed by atoms with Crippen LogP contribution >= 0.6 is 0 Å². The summed E-state index contributed by atoms with van der Waals surface area (Å²) < 4.78 is 5.49. The Hall–Kier alpha value is -3.33. The maximum Gasteiger partial charge on any atom is 0.239 e. The van der Waals surface area contributed by atoms with Gasteiger partial charge in [-0.3, -0.25) is 9.59 Å². The van der Waals surface area contributed by atoms with E-state index in [0.29, 0.717) is 29.3 Å². The van der Waals surface area contributed by atoms with Crippen LogP contribution in [-0.2, 0) is 9.59 Å². The number of carbonyl (C=O) groups is 2. The number of rotatable bonds is 6. The van der Waals surface area contributed by atoms with E-state index in [2.05, 4.69) is 10.6 Å². The Kier molecular flexibility index (Phi) is 5.97. The van der Waals surface area contributed by atoms with Crippen molar-refractivity contribution in [3.05, 3.63) is 54.1 Å². The molecule has 0 saturated heterocycles. The number of hydrogen-bond donors (Lipinski definition) is 2. The molecular formula is C20H21N3O3. The highest BCUT2D eigenvalue weighted by molar-refractivity contribution is 6.14. The molecule has 2 aromatic rings. The lowest BCUT2D eigenvalue weighted by Gasteiger charge is -2.23. The first-order chi connectivity index (χ1) is 12.4. The molecule has 0 aromatic heterocycles. The van der Waals surface area contributed by atoms with Crippen molar-refractivity contribution in [2.75, 3.05) is 17.2 Å². The number of hydrogen-bond acceptors (Lipinski definition) is 4. The minimum Gasteiger partial charge on any atom is -0.492 e. The summed E-state index contributed by atoms with van der Waals surface area (Å²) in [6, 6.07) is 15.7. The average Bonchev–Trinajstić information content (AvgIpc) is 2.63. The molecule has 0 saturated carbocycles. The van der Waals surface area contributed by atoms with Gasteiger partial charge in [-0.15, -0.1) is 0 Å². The van der Waals surface area contributed by atoms with Gasteiger partial charge in [0.1, 0.15) is 17.2 Å². The van der Waals surface area contributed by atoms with Crippen molar-refractivity contribution >= 4 is 23.2 Å². The molecular weight excluding hydrogens is 330 g/mol. The number of anilines is 2. The highest BCUT2D eigenvalue weighted by Gasteiger charge is 2.36. The normalized spacial score (nSPS) is 10.5. The monoisotopic (exact) mass is 351 g/mol. The minimum absolute atomic E-state index is 0.332. The number of carbonyl (C=O) groups excluding carboxylic acids is 2. The van der Waals surface area contributed by atoms with Crippen LogP contribution in [0.3, 0.4) is 0 Å². The zero-order valence-corrected chi connectivity index (χ0v) is 15.0. The maximum absolute atomic E-state index is 12.7. The second kappa shape index (κ2) is 8.17. The fourth-order valence-electron chi connectivity index (χ4n) is 2.20. The van der Waals surface area contributed by atoms with Gasteiger partial charge in [0.15, 0.2) is 0 Å². The third-order valence-corrected chi connectivity index (χ3v) is 3.87. The SMILES string of the molecule is CCOc1ccccc1NC(=O)C(C)(C)C(=O)Nc1ccccc1C#N. The van der Waals surface area contributed by atoms with E-state index < -0.39 is 17.2 Å². The lowest BCUT2D eigenvalue weighted by atomic mass is 9.90. The van der Waals surface area contributed by atoms with E-state index >= 15 is 0 Å². The number of benzene rings is 2. The summed E-state index contributed by atoms with van der Waals surface area (Å²) in [4.78, 5) is 25.3. The van der Waals surface area contributed by atoms with Crippen LogP contribution in [0, 0.1) is 16.7 Å². The molecule has 0 aliphatic rings. The molecule has 0 unspecified atom stereocenters. The Morgan fingerprint density at radius 1 is 1.00 bits per heavy atom. The molecule has 0 bridgehead atoms. The fraction of sp³-hybridized carbons (Fsp3) is 0.250. The van der Waals surface area contributed by atoms with E-state index in [1.54, 1.807) is 48.5 Å². The summed E-state index contributed by atoms with van der Waals surface area (Å²) in [6.07, 6.45) is 0. The third kappa shape index (κ3) is 4.19. The highest BCUT2D eigenvalue weighted by atomic mass is 16.5. The van der Waals surface area contributed by atoms with E-state index in [-0.39, 0.29) is 0 Å². The van der Waals surface area contributed by atoms with Gasteiger partial charge >= 0.3 is 0 Å². The Bertz CT molecular complexity index is 853. The predicted molar refractivity (Wildman–Crippen MR) is 99.8 cm³/mol. The predicted octanol–water partition coefficient (Wildman–Crippen LogP) is 3.56. The van der Waals surface area contributed by atoms with Crippen LogP contribution in [0.15, 0.2) is 48.5 Å². The number of nitriles is 1. The molecule has 2 N–H and O–H groups in total. The van der Waals surface area contributed by atoms with E-state index in [9.17, 15) is 9.59 Å². The second-order valence-corrected chi connectivity index (χ2v) is 6.12. The molecule has 0 fully saturated rings. The molecule has 2 aromatic carbocycles. The zero-order chi connectivity index (χ0) is 19.2.